The van der Waals surface area contributed by atoms with E-state index >= 15 is 0 Å². The van der Waals surface area contributed by atoms with Gasteiger partial charge in [0, 0.05) is 25.8 Å². The molecule has 0 aliphatic heterocycles. The van der Waals surface area contributed by atoms with E-state index in [0.29, 0.717) is 33.7 Å². The molecule has 30 heavy (non-hydrogen) atoms. The van der Waals surface area contributed by atoms with Gasteiger partial charge in [-0.05, 0) is 60.2 Å². The minimum absolute atomic E-state index is 0.000432. The fraction of sp³-hybridized carbons (Fsp3) is 0.0435. The molecule has 7 heteroatoms. The van der Waals surface area contributed by atoms with Crippen LogP contribution >= 0.6 is 39.1 Å². The number of hydrogen-bond donors (Lipinski definition) is 1. The number of anilines is 1. The SMILES string of the molecule is N#C/C(=C/c1ccc(OCc2ccc(Cl)cc2Cl)cc1)C(=O)Nc1ccc(Br)cc1. The van der Waals surface area contributed by atoms with Crippen molar-refractivity contribution in [3.05, 3.63) is 97.9 Å². The van der Waals surface area contributed by atoms with Crippen LogP contribution in [0.25, 0.3) is 6.08 Å². The highest BCUT2D eigenvalue weighted by Crippen LogP contribution is 2.23. The summed E-state index contributed by atoms with van der Waals surface area (Å²) < 4.78 is 6.64. The summed E-state index contributed by atoms with van der Waals surface area (Å²) in [6.45, 7) is 0.296. The molecule has 0 spiro atoms. The maximum absolute atomic E-state index is 12.4. The van der Waals surface area contributed by atoms with Crippen LogP contribution in [0, 0.1) is 11.3 Å². The number of nitrogens with one attached hydrogen (secondary N) is 1. The number of amides is 1. The van der Waals surface area contributed by atoms with E-state index in [0.717, 1.165) is 10.0 Å². The fourth-order valence-corrected chi connectivity index (χ4v) is 3.23. The average molecular weight is 502 g/mol. The highest BCUT2D eigenvalue weighted by atomic mass is 79.9. The monoisotopic (exact) mass is 500 g/mol. The summed E-state index contributed by atoms with van der Waals surface area (Å²) in [6, 6.07) is 21.3. The number of carbonyl (C=O) groups is 1. The summed E-state index contributed by atoms with van der Waals surface area (Å²) in [6.07, 6.45) is 1.52. The molecule has 3 rings (SSSR count). The molecule has 0 fully saturated rings. The van der Waals surface area contributed by atoms with Crippen molar-refractivity contribution >= 4 is 56.8 Å². The normalized spacial score (nSPS) is 10.9. The third-order valence-electron chi connectivity index (χ3n) is 4.07. The van der Waals surface area contributed by atoms with Crippen LogP contribution in [0.3, 0.4) is 0 Å². The number of rotatable bonds is 6. The molecule has 0 saturated heterocycles. The zero-order chi connectivity index (χ0) is 21.5. The highest BCUT2D eigenvalue weighted by molar-refractivity contribution is 9.10. The number of nitriles is 1. The van der Waals surface area contributed by atoms with Gasteiger partial charge in [0.25, 0.3) is 5.91 Å². The van der Waals surface area contributed by atoms with Gasteiger partial charge >= 0.3 is 0 Å². The first-order valence-electron chi connectivity index (χ1n) is 8.80. The standard InChI is InChI=1S/C23H15BrCl2N2O2/c24-18-4-7-20(8-5-18)28-23(29)17(13-27)11-15-1-9-21(10-2-15)30-14-16-3-6-19(25)12-22(16)26/h1-12H,14H2,(H,28,29)/b17-11-. The predicted octanol–water partition coefficient (Wildman–Crippen LogP) is 6.88. The Bertz CT molecular complexity index is 1120. The van der Waals surface area contributed by atoms with E-state index in [1.165, 1.54) is 6.08 Å². The molecule has 3 aromatic carbocycles. The van der Waals surface area contributed by atoms with Crippen molar-refractivity contribution in [1.29, 1.82) is 5.26 Å². The van der Waals surface area contributed by atoms with Crippen molar-refractivity contribution in [3.63, 3.8) is 0 Å². The molecule has 1 N–H and O–H groups in total. The Morgan fingerprint density at radius 3 is 2.40 bits per heavy atom. The summed E-state index contributed by atoms with van der Waals surface area (Å²) in [5.41, 5.74) is 2.13. The first-order chi connectivity index (χ1) is 14.4. The molecular weight excluding hydrogens is 487 g/mol. The molecule has 0 heterocycles. The zero-order valence-electron chi connectivity index (χ0n) is 15.5. The minimum atomic E-state index is -0.475. The second-order valence-electron chi connectivity index (χ2n) is 6.22. The van der Waals surface area contributed by atoms with E-state index in [4.69, 9.17) is 27.9 Å². The second kappa shape index (κ2) is 10.3. The van der Waals surface area contributed by atoms with Crippen molar-refractivity contribution in [3.8, 4) is 11.8 Å². The lowest BCUT2D eigenvalue weighted by molar-refractivity contribution is -0.112. The molecule has 4 nitrogen and oxygen atoms in total. The van der Waals surface area contributed by atoms with Crippen LogP contribution in [0.15, 0.2) is 76.8 Å². The summed E-state index contributed by atoms with van der Waals surface area (Å²) in [5, 5.41) is 13.2. The van der Waals surface area contributed by atoms with Gasteiger partial charge in [0.15, 0.2) is 0 Å². The summed E-state index contributed by atoms with van der Waals surface area (Å²) in [4.78, 5) is 12.4. The van der Waals surface area contributed by atoms with Gasteiger partial charge in [0.1, 0.15) is 24.0 Å². The number of carbonyl (C=O) groups excluding carboxylic acids is 1. The van der Waals surface area contributed by atoms with Gasteiger partial charge < -0.3 is 10.1 Å². The molecule has 0 aliphatic carbocycles. The molecule has 0 atom stereocenters. The molecule has 0 aliphatic rings. The largest absolute Gasteiger partial charge is 0.489 e. The molecule has 0 bridgehead atoms. The quantitative estimate of drug-likeness (QED) is 0.295. The van der Waals surface area contributed by atoms with Crippen molar-refractivity contribution in [2.75, 3.05) is 5.32 Å². The lowest BCUT2D eigenvalue weighted by Crippen LogP contribution is -2.13. The Morgan fingerprint density at radius 2 is 1.77 bits per heavy atom. The smallest absolute Gasteiger partial charge is 0.266 e. The van der Waals surface area contributed by atoms with Crippen LogP contribution in [0.5, 0.6) is 5.75 Å². The van der Waals surface area contributed by atoms with Crippen molar-refractivity contribution < 1.29 is 9.53 Å². The second-order valence-corrected chi connectivity index (χ2v) is 7.98. The van der Waals surface area contributed by atoms with E-state index in [2.05, 4.69) is 21.2 Å². The molecule has 3 aromatic rings. The number of benzene rings is 3. The number of halogens is 3. The molecule has 0 aromatic heterocycles. The Labute approximate surface area is 192 Å². The fourth-order valence-electron chi connectivity index (χ4n) is 2.51. The molecule has 0 radical (unpaired) electrons. The average Bonchev–Trinajstić information content (AvgIpc) is 2.74. The lowest BCUT2D eigenvalue weighted by Gasteiger charge is -2.08. The van der Waals surface area contributed by atoms with Crippen molar-refractivity contribution in [1.82, 2.24) is 0 Å². The van der Waals surface area contributed by atoms with Gasteiger partial charge in [0.05, 0.1) is 0 Å². The van der Waals surface area contributed by atoms with E-state index in [-0.39, 0.29) is 5.57 Å². The highest BCUT2D eigenvalue weighted by Gasteiger charge is 2.10. The lowest BCUT2D eigenvalue weighted by atomic mass is 10.1. The first-order valence-corrected chi connectivity index (χ1v) is 10.3. The molecule has 1 amide bonds. The van der Waals surface area contributed by atoms with E-state index < -0.39 is 5.91 Å². The van der Waals surface area contributed by atoms with Crippen LogP contribution in [0.2, 0.25) is 10.0 Å². The van der Waals surface area contributed by atoms with Crippen molar-refractivity contribution in [2.45, 2.75) is 6.61 Å². The van der Waals surface area contributed by atoms with Crippen LogP contribution < -0.4 is 10.1 Å². The number of hydrogen-bond acceptors (Lipinski definition) is 3. The zero-order valence-corrected chi connectivity index (χ0v) is 18.6. The topological polar surface area (TPSA) is 62.1 Å². The third kappa shape index (κ3) is 6.11. The first kappa shape index (κ1) is 21.9. The molecule has 0 unspecified atom stereocenters. The van der Waals surface area contributed by atoms with Gasteiger partial charge in [-0.2, -0.15) is 5.26 Å². The summed E-state index contributed by atoms with van der Waals surface area (Å²) >= 11 is 15.4. The van der Waals surface area contributed by atoms with E-state index in [1.807, 2.05) is 12.1 Å². The predicted molar refractivity (Wildman–Crippen MR) is 124 cm³/mol. The Morgan fingerprint density at radius 1 is 1.07 bits per heavy atom. The molecule has 0 saturated carbocycles. The Balaban J connectivity index is 1.65. The summed E-state index contributed by atoms with van der Waals surface area (Å²) in [7, 11) is 0. The van der Waals surface area contributed by atoms with Gasteiger partial charge in [0.2, 0.25) is 0 Å². The maximum atomic E-state index is 12.4. The number of nitrogens with zero attached hydrogens (tertiary/aromatic N) is 1. The van der Waals surface area contributed by atoms with Crippen LogP contribution in [0.4, 0.5) is 5.69 Å². The van der Waals surface area contributed by atoms with E-state index in [9.17, 15) is 10.1 Å². The molecular formula is C23H15BrCl2N2O2. The van der Waals surface area contributed by atoms with Gasteiger partial charge in [-0.1, -0.05) is 57.3 Å². The van der Waals surface area contributed by atoms with E-state index in [1.54, 1.807) is 60.7 Å². The Kier molecular flexibility index (Phi) is 7.53. The van der Waals surface area contributed by atoms with Gasteiger partial charge in [-0.3, -0.25) is 4.79 Å². The molecule has 150 valence electrons. The van der Waals surface area contributed by atoms with Crippen LogP contribution in [0.1, 0.15) is 11.1 Å². The van der Waals surface area contributed by atoms with Crippen molar-refractivity contribution in [2.24, 2.45) is 0 Å². The van der Waals surface area contributed by atoms with Gasteiger partial charge in [-0.25, -0.2) is 0 Å². The number of ether oxygens (including phenoxy) is 1. The van der Waals surface area contributed by atoms with Crippen LogP contribution in [-0.4, -0.2) is 5.91 Å². The van der Waals surface area contributed by atoms with Crippen LogP contribution in [-0.2, 0) is 11.4 Å². The van der Waals surface area contributed by atoms with Gasteiger partial charge in [-0.15, -0.1) is 0 Å². The maximum Gasteiger partial charge on any atom is 0.266 e. The minimum Gasteiger partial charge on any atom is -0.489 e. The Hall–Kier alpha value is -2.78. The third-order valence-corrected chi connectivity index (χ3v) is 5.18. The summed E-state index contributed by atoms with van der Waals surface area (Å²) in [5.74, 6) is 0.161.